The van der Waals surface area contributed by atoms with Crippen molar-refractivity contribution in [1.29, 1.82) is 0 Å². The van der Waals surface area contributed by atoms with E-state index in [4.69, 9.17) is 4.74 Å². The summed E-state index contributed by atoms with van der Waals surface area (Å²) in [4.78, 5) is 14.2. The lowest BCUT2D eigenvalue weighted by Gasteiger charge is -2.37. The van der Waals surface area contributed by atoms with Gasteiger partial charge in [0.05, 0.1) is 0 Å². The topological polar surface area (TPSA) is 41.6 Å². The molecule has 134 valence electrons. The molecule has 0 radical (unpaired) electrons. The Kier molecular flexibility index (Phi) is 5.65. The number of likely N-dealkylation sites (tertiary alicyclic amines) is 1. The van der Waals surface area contributed by atoms with Gasteiger partial charge in [0.2, 0.25) is 0 Å². The maximum Gasteiger partial charge on any atom is 0.410 e. The molecule has 1 amide bonds. The molecular weight excluding hydrogens is 288 g/mol. The Hall–Kier alpha value is -0.770. The van der Waals surface area contributed by atoms with Crippen molar-refractivity contribution >= 4 is 6.09 Å². The lowest BCUT2D eigenvalue weighted by molar-refractivity contribution is 0.0146. The first-order valence-electron chi connectivity index (χ1n) is 9.30. The summed E-state index contributed by atoms with van der Waals surface area (Å²) in [5, 5.41) is 3.83. The molecule has 1 aliphatic heterocycles. The number of carbonyl (C=O) groups excluding carboxylic acids is 1. The highest BCUT2D eigenvalue weighted by atomic mass is 16.6. The van der Waals surface area contributed by atoms with Crippen LogP contribution in [0.2, 0.25) is 0 Å². The van der Waals surface area contributed by atoms with E-state index < -0.39 is 5.60 Å². The molecule has 0 aromatic heterocycles. The molecule has 0 bridgehead atoms. The molecule has 1 N–H and O–H groups in total. The van der Waals surface area contributed by atoms with Crippen molar-refractivity contribution in [2.75, 3.05) is 13.1 Å². The minimum Gasteiger partial charge on any atom is -0.444 e. The van der Waals surface area contributed by atoms with Crippen molar-refractivity contribution in [2.24, 2.45) is 11.3 Å². The van der Waals surface area contributed by atoms with Gasteiger partial charge in [-0.3, -0.25) is 0 Å². The second-order valence-electron chi connectivity index (χ2n) is 9.39. The molecule has 2 aliphatic rings. The van der Waals surface area contributed by atoms with Crippen LogP contribution in [0.1, 0.15) is 73.6 Å². The predicted octanol–water partition coefficient (Wildman–Crippen LogP) is 4.19. The zero-order valence-corrected chi connectivity index (χ0v) is 15.9. The molecular formula is C19H36N2O2. The Morgan fingerprint density at radius 2 is 2.00 bits per heavy atom. The standard InChI is InChI=1S/C19H36N2O2/c1-14(20-16-9-10-19(5,6)12-16)15-8-7-11-21(13-15)17(22)23-18(2,3)4/h14-16,20H,7-13H2,1-6H3. The highest BCUT2D eigenvalue weighted by Gasteiger charge is 2.34. The van der Waals surface area contributed by atoms with Gasteiger partial charge < -0.3 is 15.0 Å². The van der Waals surface area contributed by atoms with E-state index in [2.05, 4.69) is 26.1 Å². The van der Waals surface area contributed by atoms with Gasteiger partial charge in [-0.1, -0.05) is 13.8 Å². The van der Waals surface area contributed by atoms with Crippen LogP contribution in [0.3, 0.4) is 0 Å². The Morgan fingerprint density at radius 3 is 2.57 bits per heavy atom. The molecule has 2 rings (SSSR count). The fourth-order valence-electron chi connectivity index (χ4n) is 4.00. The molecule has 3 unspecified atom stereocenters. The molecule has 23 heavy (non-hydrogen) atoms. The first-order valence-corrected chi connectivity index (χ1v) is 9.30. The van der Waals surface area contributed by atoms with Crippen LogP contribution < -0.4 is 5.32 Å². The van der Waals surface area contributed by atoms with Crippen LogP contribution in [0.5, 0.6) is 0 Å². The van der Waals surface area contributed by atoms with Crippen LogP contribution in [-0.2, 0) is 4.74 Å². The highest BCUT2D eigenvalue weighted by molar-refractivity contribution is 5.68. The maximum atomic E-state index is 12.3. The summed E-state index contributed by atoms with van der Waals surface area (Å²) in [5.74, 6) is 0.528. The largest absolute Gasteiger partial charge is 0.444 e. The first kappa shape index (κ1) is 18.6. The molecule has 1 saturated heterocycles. The summed E-state index contributed by atoms with van der Waals surface area (Å²) >= 11 is 0. The van der Waals surface area contributed by atoms with Gasteiger partial charge in [0.25, 0.3) is 0 Å². The van der Waals surface area contributed by atoms with Crippen LogP contribution in [0.15, 0.2) is 0 Å². The van der Waals surface area contributed by atoms with Crippen LogP contribution >= 0.6 is 0 Å². The summed E-state index contributed by atoms with van der Waals surface area (Å²) in [5.41, 5.74) is 0.0653. The Labute approximate surface area is 142 Å². The van der Waals surface area contributed by atoms with Gasteiger partial charge in [0.15, 0.2) is 0 Å². The van der Waals surface area contributed by atoms with E-state index >= 15 is 0 Å². The van der Waals surface area contributed by atoms with E-state index in [0.717, 1.165) is 19.5 Å². The number of carbonyl (C=O) groups is 1. The van der Waals surface area contributed by atoms with Crippen molar-refractivity contribution in [2.45, 2.75) is 91.3 Å². The third-order valence-electron chi connectivity index (χ3n) is 5.28. The Balaban J connectivity index is 1.84. The summed E-state index contributed by atoms with van der Waals surface area (Å²) in [6, 6.07) is 1.09. The summed E-state index contributed by atoms with van der Waals surface area (Å²) < 4.78 is 5.53. The number of ether oxygens (including phenoxy) is 1. The van der Waals surface area contributed by atoms with Crippen LogP contribution in [0.4, 0.5) is 4.79 Å². The number of rotatable bonds is 3. The average Bonchev–Trinajstić information content (AvgIpc) is 2.76. The van der Waals surface area contributed by atoms with Gasteiger partial charge in [0, 0.05) is 25.2 Å². The minimum atomic E-state index is -0.413. The molecule has 1 heterocycles. The molecule has 4 nitrogen and oxygen atoms in total. The van der Waals surface area contributed by atoms with Crippen molar-refractivity contribution in [3.05, 3.63) is 0 Å². The van der Waals surface area contributed by atoms with Gasteiger partial charge in [-0.2, -0.15) is 0 Å². The fraction of sp³-hybridized carbons (Fsp3) is 0.947. The molecule has 2 fully saturated rings. The smallest absolute Gasteiger partial charge is 0.410 e. The van der Waals surface area contributed by atoms with E-state index in [1.54, 1.807) is 0 Å². The lowest BCUT2D eigenvalue weighted by Crippen LogP contribution is -2.49. The molecule has 0 spiro atoms. The molecule has 0 aromatic carbocycles. The molecule has 1 saturated carbocycles. The average molecular weight is 325 g/mol. The molecule has 4 heteroatoms. The van der Waals surface area contributed by atoms with Gasteiger partial charge in [-0.05, 0) is 71.1 Å². The number of piperidine rings is 1. The van der Waals surface area contributed by atoms with Crippen LogP contribution in [0, 0.1) is 11.3 Å². The van der Waals surface area contributed by atoms with E-state index in [9.17, 15) is 4.79 Å². The van der Waals surface area contributed by atoms with E-state index in [1.165, 1.54) is 25.7 Å². The summed E-state index contributed by atoms with van der Waals surface area (Å²) in [7, 11) is 0. The van der Waals surface area contributed by atoms with Gasteiger partial charge in [-0.25, -0.2) is 4.79 Å². The zero-order valence-electron chi connectivity index (χ0n) is 15.9. The van der Waals surface area contributed by atoms with Crippen molar-refractivity contribution in [1.82, 2.24) is 10.2 Å². The number of nitrogens with one attached hydrogen (secondary N) is 1. The lowest BCUT2D eigenvalue weighted by atomic mass is 9.90. The summed E-state index contributed by atoms with van der Waals surface area (Å²) in [6.45, 7) is 14.5. The van der Waals surface area contributed by atoms with Gasteiger partial charge in [0.1, 0.15) is 5.60 Å². The second-order valence-corrected chi connectivity index (χ2v) is 9.39. The fourth-order valence-corrected chi connectivity index (χ4v) is 4.00. The third-order valence-corrected chi connectivity index (χ3v) is 5.28. The van der Waals surface area contributed by atoms with Crippen molar-refractivity contribution in [3.8, 4) is 0 Å². The van der Waals surface area contributed by atoms with Crippen LogP contribution in [0.25, 0.3) is 0 Å². The third kappa shape index (κ3) is 5.66. The van der Waals surface area contributed by atoms with E-state index in [0.29, 0.717) is 23.4 Å². The number of hydrogen-bond acceptors (Lipinski definition) is 3. The number of amides is 1. The quantitative estimate of drug-likeness (QED) is 0.846. The number of hydrogen-bond donors (Lipinski definition) is 1. The minimum absolute atomic E-state index is 0.156. The molecule has 3 atom stereocenters. The van der Waals surface area contributed by atoms with Gasteiger partial charge >= 0.3 is 6.09 Å². The van der Waals surface area contributed by atoms with Crippen molar-refractivity contribution < 1.29 is 9.53 Å². The first-order chi connectivity index (χ1) is 10.6. The zero-order chi connectivity index (χ0) is 17.3. The Morgan fingerprint density at radius 1 is 1.30 bits per heavy atom. The number of nitrogens with zero attached hydrogens (tertiary/aromatic N) is 1. The highest BCUT2D eigenvalue weighted by Crippen LogP contribution is 2.37. The van der Waals surface area contributed by atoms with Crippen molar-refractivity contribution in [3.63, 3.8) is 0 Å². The van der Waals surface area contributed by atoms with E-state index in [1.807, 2.05) is 25.7 Å². The monoisotopic (exact) mass is 324 g/mol. The van der Waals surface area contributed by atoms with Crippen LogP contribution in [-0.4, -0.2) is 41.8 Å². The predicted molar refractivity (Wildman–Crippen MR) is 94.5 cm³/mol. The second kappa shape index (κ2) is 7.00. The molecule has 1 aliphatic carbocycles. The van der Waals surface area contributed by atoms with E-state index in [-0.39, 0.29) is 6.09 Å². The van der Waals surface area contributed by atoms with Gasteiger partial charge in [-0.15, -0.1) is 0 Å². The SMILES string of the molecule is CC(NC1CCC(C)(C)C1)C1CCCN(C(=O)OC(C)(C)C)C1. The molecule has 0 aromatic rings. The summed E-state index contributed by atoms with van der Waals surface area (Å²) in [6.07, 6.45) is 5.97. The normalized spacial score (nSPS) is 29.4. The maximum absolute atomic E-state index is 12.3. The Bertz CT molecular complexity index is 414.